The minimum Gasteiger partial charge on any atom is -0.323 e. The number of nitrogens with one attached hydrogen (secondary N) is 1. The molecule has 0 amide bonds. The lowest BCUT2D eigenvalue weighted by atomic mass is 9.70. The normalized spacial score (nSPS) is 23.1. The summed E-state index contributed by atoms with van der Waals surface area (Å²) < 4.78 is 0. The molecule has 35 heavy (non-hydrogen) atoms. The van der Waals surface area contributed by atoms with Gasteiger partial charge in [-0.1, -0.05) is 30.3 Å². The zero-order chi connectivity index (χ0) is 22.7. The van der Waals surface area contributed by atoms with Crippen molar-refractivity contribution in [2.24, 2.45) is 11.1 Å². The zero-order valence-electron chi connectivity index (χ0n) is 19.4. The van der Waals surface area contributed by atoms with E-state index >= 15 is 0 Å². The van der Waals surface area contributed by atoms with Crippen LogP contribution in [-0.2, 0) is 12.8 Å². The van der Waals surface area contributed by atoms with Crippen LogP contribution in [0.3, 0.4) is 0 Å². The predicted molar refractivity (Wildman–Crippen MR) is 140 cm³/mol. The van der Waals surface area contributed by atoms with Gasteiger partial charge in [0.05, 0.1) is 23.3 Å². The van der Waals surface area contributed by atoms with Crippen molar-refractivity contribution in [3.8, 4) is 0 Å². The van der Waals surface area contributed by atoms with E-state index in [0.29, 0.717) is 0 Å². The van der Waals surface area contributed by atoms with Crippen LogP contribution in [0.1, 0.15) is 54.2 Å². The summed E-state index contributed by atoms with van der Waals surface area (Å²) in [4.78, 5) is 16.5. The molecular formula is C27H28ClN7. The van der Waals surface area contributed by atoms with E-state index in [2.05, 4.69) is 56.5 Å². The first kappa shape index (κ1) is 22.2. The van der Waals surface area contributed by atoms with Crippen molar-refractivity contribution < 1.29 is 0 Å². The van der Waals surface area contributed by atoms with Crippen LogP contribution in [0.25, 0.3) is 16.7 Å². The molecule has 0 bridgehead atoms. The fraction of sp³-hybridized carbons (Fsp3) is 0.333. The van der Waals surface area contributed by atoms with Gasteiger partial charge in [0.1, 0.15) is 0 Å². The van der Waals surface area contributed by atoms with Crippen LogP contribution >= 0.6 is 12.4 Å². The van der Waals surface area contributed by atoms with Crippen molar-refractivity contribution in [1.29, 1.82) is 0 Å². The summed E-state index contributed by atoms with van der Waals surface area (Å²) in [7, 11) is 0. The van der Waals surface area contributed by atoms with Crippen LogP contribution in [-0.4, -0.2) is 31.7 Å². The highest BCUT2D eigenvalue weighted by atomic mass is 35.5. The van der Waals surface area contributed by atoms with Gasteiger partial charge in [-0.3, -0.25) is 10.1 Å². The molecular weight excluding hydrogens is 458 g/mol. The number of pyridine rings is 1. The molecule has 4 aromatic rings. The van der Waals surface area contributed by atoms with Gasteiger partial charge in [0.25, 0.3) is 0 Å². The van der Waals surface area contributed by atoms with E-state index in [-0.39, 0.29) is 23.9 Å². The molecule has 4 heterocycles. The van der Waals surface area contributed by atoms with E-state index in [0.717, 1.165) is 79.1 Å². The van der Waals surface area contributed by atoms with Crippen LogP contribution in [0.2, 0.25) is 0 Å². The Morgan fingerprint density at radius 3 is 2.86 bits per heavy atom. The maximum atomic E-state index is 6.74. The smallest absolute Gasteiger partial charge is 0.183 e. The Labute approximate surface area is 210 Å². The number of aryl methyl sites for hydroxylation is 1. The van der Waals surface area contributed by atoms with E-state index < -0.39 is 0 Å². The summed E-state index contributed by atoms with van der Waals surface area (Å²) in [6.45, 7) is 0.901. The molecule has 178 valence electrons. The number of hydrogen-bond acceptors (Lipinski definition) is 6. The Balaban J connectivity index is 0.00000229. The van der Waals surface area contributed by atoms with E-state index in [1.165, 1.54) is 16.7 Å². The lowest BCUT2D eigenvalue weighted by Gasteiger charge is -2.36. The molecule has 7 rings (SSSR count). The summed E-state index contributed by atoms with van der Waals surface area (Å²) >= 11 is 0. The third-order valence-electron chi connectivity index (χ3n) is 8.03. The Morgan fingerprint density at radius 1 is 1.09 bits per heavy atom. The molecule has 0 saturated heterocycles. The largest absolute Gasteiger partial charge is 0.323 e. The summed E-state index contributed by atoms with van der Waals surface area (Å²) in [5, 5.41) is 7.74. The first-order valence-corrected chi connectivity index (χ1v) is 12.2. The average Bonchev–Trinajstić information content (AvgIpc) is 3.43. The second-order valence-corrected chi connectivity index (χ2v) is 9.87. The molecule has 3 aromatic heterocycles. The van der Waals surface area contributed by atoms with E-state index in [1.807, 2.05) is 18.5 Å². The van der Waals surface area contributed by atoms with Gasteiger partial charge in [-0.05, 0) is 72.8 Å². The number of rotatable bonds is 2. The number of aromatic nitrogens is 5. The maximum Gasteiger partial charge on any atom is 0.183 e. The molecule has 3 aliphatic rings. The zero-order valence-corrected chi connectivity index (χ0v) is 20.3. The average molecular weight is 486 g/mol. The fourth-order valence-electron chi connectivity index (χ4n) is 6.15. The number of nitrogens with zero attached hydrogens (tertiary/aromatic N) is 5. The Kier molecular flexibility index (Phi) is 5.34. The second kappa shape index (κ2) is 8.43. The molecule has 7 nitrogen and oxygen atoms in total. The van der Waals surface area contributed by atoms with Crippen molar-refractivity contribution in [2.45, 2.75) is 44.6 Å². The molecule has 1 aromatic carbocycles. The van der Waals surface area contributed by atoms with E-state index in [9.17, 15) is 0 Å². The molecule has 0 fully saturated rings. The molecule has 3 N–H and O–H groups in total. The van der Waals surface area contributed by atoms with Crippen LogP contribution < -0.4 is 10.6 Å². The van der Waals surface area contributed by atoms with Crippen molar-refractivity contribution in [1.82, 2.24) is 25.1 Å². The Hall–Kier alpha value is -3.29. The second-order valence-electron chi connectivity index (χ2n) is 9.87. The number of halogens is 1. The number of hydrogen-bond donors (Lipinski definition) is 2. The number of aromatic amines is 1. The van der Waals surface area contributed by atoms with Crippen molar-refractivity contribution in [2.75, 3.05) is 11.4 Å². The third-order valence-corrected chi connectivity index (χ3v) is 8.03. The first-order chi connectivity index (χ1) is 16.7. The number of allylic oxidation sites excluding steroid dienone is 2. The Bertz CT molecular complexity index is 1440. The van der Waals surface area contributed by atoms with E-state index in [1.54, 1.807) is 0 Å². The number of H-pyrrole nitrogens is 1. The summed E-state index contributed by atoms with van der Waals surface area (Å²) in [5.41, 5.74) is 15.6. The Morgan fingerprint density at radius 2 is 2.00 bits per heavy atom. The summed E-state index contributed by atoms with van der Waals surface area (Å²) in [6.07, 6.45) is 12.2. The summed E-state index contributed by atoms with van der Waals surface area (Å²) in [5.74, 6) is 0.828. The van der Waals surface area contributed by atoms with Gasteiger partial charge in [0.2, 0.25) is 0 Å². The van der Waals surface area contributed by atoms with Gasteiger partial charge in [-0.25, -0.2) is 9.97 Å². The van der Waals surface area contributed by atoms with Gasteiger partial charge < -0.3 is 10.6 Å². The predicted octanol–water partition coefficient (Wildman–Crippen LogP) is 5.06. The minimum atomic E-state index is 0. The van der Waals surface area contributed by atoms with Gasteiger partial charge in [0.15, 0.2) is 17.0 Å². The van der Waals surface area contributed by atoms with E-state index in [4.69, 9.17) is 15.7 Å². The molecule has 0 saturated carbocycles. The van der Waals surface area contributed by atoms with Crippen LogP contribution in [0, 0.1) is 5.41 Å². The topological polar surface area (TPSA) is 96.6 Å². The van der Waals surface area contributed by atoms with Gasteiger partial charge >= 0.3 is 0 Å². The van der Waals surface area contributed by atoms with Crippen molar-refractivity contribution in [3.63, 3.8) is 0 Å². The summed E-state index contributed by atoms with van der Waals surface area (Å²) in [6, 6.07) is 12.8. The standard InChI is InChI=1S/C27H27N7.ClH/c28-24-19-6-2-1-5-18(19)15-27(24)11-9-17(10-12-27)21-16-30-23-25(31-21)32-33-26(23)34-14-4-7-20-22(34)8-3-13-29-20;/h1-3,5-6,8-9,13,16,24H,4,7,10-12,14-15,28H2,(H,31,32,33);1H/t24-,27-;/m1./s1. The molecule has 0 radical (unpaired) electrons. The highest BCUT2D eigenvalue weighted by Gasteiger charge is 2.44. The number of benzene rings is 1. The highest BCUT2D eigenvalue weighted by Crippen LogP contribution is 2.53. The fourth-order valence-corrected chi connectivity index (χ4v) is 6.15. The minimum absolute atomic E-state index is 0. The molecule has 1 spiro atoms. The lowest BCUT2D eigenvalue weighted by Crippen LogP contribution is -2.33. The molecule has 2 atom stereocenters. The van der Waals surface area contributed by atoms with Gasteiger partial charge in [-0.15, -0.1) is 12.4 Å². The van der Waals surface area contributed by atoms with Crippen LogP contribution in [0.15, 0.2) is 54.9 Å². The third kappa shape index (κ3) is 3.45. The van der Waals surface area contributed by atoms with Gasteiger partial charge in [-0.2, -0.15) is 5.10 Å². The van der Waals surface area contributed by atoms with Gasteiger partial charge in [0, 0.05) is 18.8 Å². The number of nitrogens with two attached hydrogens (primary N) is 1. The lowest BCUT2D eigenvalue weighted by molar-refractivity contribution is 0.224. The molecule has 1 aliphatic heterocycles. The number of fused-ring (bicyclic) bond motifs is 3. The van der Waals surface area contributed by atoms with Crippen LogP contribution in [0.4, 0.5) is 11.5 Å². The first-order valence-electron chi connectivity index (χ1n) is 12.2. The van der Waals surface area contributed by atoms with Crippen molar-refractivity contribution in [3.05, 3.63) is 77.4 Å². The number of anilines is 2. The molecule has 8 heteroatoms. The molecule has 0 unspecified atom stereocenters. The molecule has 2 aliphatic carbocycles. The SMILES string of the molecule is Cl.N[C@@H]1c2ccccc2C[C@]12CC=C(c1cnc3c(N4CCCc5ncccc54)n[nH]c3n1)CC2. The van der Waals surface area contributed by atoms with Crippen LogP contribution in [0.5, 0.6) is 0 Å². The van der Waals surface area contributed by atoms with Crippen molar-refractivity contribution >= 4 is 40.6 Å². The maximum absolute atomic E-state index is 6.74. The monoisotopic (exact) mass is 485 g/mol. The highest BCUT2D eigenvalue weighted by molar-refractivity contribution is 5.87. The quantitative estimate of drug-likeness (QED) is 0.411.